The number of aryl methyl sites for hydroxylation is 1. The summed E-state index contributed by atoms with van der Waals surface area (Å²) >= 11 is 2.77. The maximum Gasteiger partial charge on any atom is 0.276 e. The molecule has 0 aliphatic rings. The number of benzene rings is 1. The lowest BCUT2D eigenvalue weighted by Crippen LogP contribution is -2.11. The first-order valence-corrected chi connectivity index (χ1v) is 7.74. The zero-order valence-electron chi connectivity index (χ0n) is 11.3. The summed E-state index contributed by atoms with van der Waals surface area (Å²) in [5.41, 5.74) is 7.47. The predicted molar refractivity (Wildman–Crippen MR) is 85.4 cm³/mol. The molecule has 21 heavy (non-hydrogen) atoms. The Morgan fingerprint density at radius 3 is 2.86 bits per heavy atom. The zero-order chi connectivity index (χ0) is 15.0. The maximum absolute atomic E-state index is 12.1. The number of aromatic nitrogens is 2. The van der Waals surface area contributed by atoms with Gasteiger partial charge in [-0.3, -0.25) is 10.1 Å². The van der Waals surface area contributed by atoms with E-state index in [0.717, 1.165) is 9.71 Å². The summed E-state index contributed by atoms with van der Waals surface area (Å²) in [5.74, 6) is 0.316. The first-order chi connectivity index (χ1) is 10.1. The summed E-state index contributed by atoms with van der Waals surface area (Å²) in [4.78, 5) is 20.6. The number of amides is 1. The molecule has 6 nitrogen and oxygen atoms in total. The van der Waals surface area contributed by atoms with Gasteiger partial charge in [0.2, 0.25) is 0 Å². The second-order valence-electron chi connectivity index (χ2n) is 4.29. The Morgan fingerprint density at radius 2 is 2.19 bits per heavy atom. The molecular formula is C13H12N4O2S2. The van der Waals surface area contributed by atoms with E-state index in [2.05, 4.69) is 15.3 Å². The van der Waals surface area contributed by atoms with E-state index in [1.54, 1.807) is 24.6 Å². The number of nitrogens with two attached hydrogens (primary N) is 1. The standard InChI is InChI=1S/C13H12N4O2S2/c1-6-15-8(5-20-6)12(18)17-13-16-11-9(19-2)3-7(14)4-10(11)21-13/h3-5H,14H2,1-2H3,(H,16,17,18). The number of fused-ring (bicyclic) bond motifs is 1. The molecule has 0 fully saturated rings. The smallest absolute Gasteiger partial charge is 0.276 e. The fourth-order valence-corrected chi connectivity index (χ4v) is 3.38. The Kier molecular flexibility index (Phi) is 3.48. The van der Waals surface area contributed by atoms with Gasteiger partial charge in [-0.1, -0.05) is 11.3 Å². The van der Waals surface area contributed by atoms with E-state index >= 15 is 0 Å². The number of nitrogens with zero attached hydrogens (tertiary/aromatic N) is 2. The predicted octanol–water partition coefficient (Wildman–Crippen LogP) is 2.90. The van der Waals surface area contributed by atoms with Gasteiger partial charge in [-0.15, -0.1) is 11.3 Å². The van der Waals surface area contributed by atoms with Crippen LogP contribution in [0.3, 0.4) is 0 Å². The lowest BCUT2D eigenvalue weighted by atomic mass is 10.3. The molecule has 1 amide bonds. The Hall–Kier alpha value is -2.19. The zero-order valence-corrected chi connectivity index (χ0v) is 13.0. The van der Waals surface area contributed by atoms with Gasteiger partial charge >= 0.3 is 0 Å². The van der Waals surface area contributed by atoms with Crippen LogP contribution in [-0.2, 0) is 0 Å². The number of nitrogen functional groups attached to an aromatic ring is 1. The molecule has 2 heterocycles. The van der Waals surface area contributed by atoms with Crippen molar-refractivity contribution in [2.75, 3.05) is 18.2 Å². The van der Waals surface area contributed by atoms with Crippen molar-refractivity contribution >= 4 is 49.6 Å². The summed E-state index contributed by atoms with van der Waals surface area (Å²) in [6.07, 6.45) is 0. The lowest BCUT2D eigenvalue weighted by molar-refractivity contribution is 0.102. The van der Waals surface area contributed by atoms with E-state index in [1.807, 2.05) is 6.92 Å². The number of anilines is 2. The molecule has 108 valence electrons. The van der Waals surface area contributed by atoms with Crippen molar-refractivity contribution in [1.29, 1.82) is 0 Å². The highest BCUT2D eigenvalue weighted by Gasteiger charge is 2.14. The molecule has 0 spiro atoms. The second-order valence-corrected chi connectivity index (χ2v) is 6.39. The minimum Gasteiger partial charge on any atom is -0.494 e. The molecule has 0 saturated heterocycles. The number of nitrogens with one attached hydrogen (secondary N) is 1. The molecular weight excluding hydrogens is 308 g/mol. The van der Waals surface area contributed by atoms with Gasteiger partial charge in [0, 0.05) is 17.1 Å². The minimum absolute atomic E-state index is 0.273. The summed E-state index contributed by atoms with van der Waals surface area (Å²) in [6, 6.07) is 3.51. The third kappa shape index (κ3) is 2.67. The fraction of sp³-hybridized carbons (Fsp3) is 0.154. The van der Waals surface area contributed by atoms with Crippen LogP contribution >= 0.6 is 22.7 Å². The topological polar surface area (TPSA) is 90.1 Å². The van der Waals surface area contributed by atoms with Crippen LogP contribution in [0.25, 0.3) is 10.2 Å². The Labute approximate surface area is 128 Å². The highest BCUT2D eigenvalue weighted by molar-refractivity contribution is 7.22. The van der Waals surface area contributed by atoms with Crippen molar-refractivity contribution in [3.63, 3.8) is 0 Å². The summed E-state index contributed by atoms with van der Waals surface area (Å²) in [5, 5.41) is 5.80. The van der Waals surface area contributed by atoms with E-state index < -0.39 is 0 Å². The SMILES string of the molecule is COc1cc(N)cc2sc(NC(=O)c3csc(C)n3)nc12. The first kappa shape index (κ1) is 13.8. The third-order valence-electron chi connectivity index (χ3n) is 2.77. The molecule has 2 aromatic heterocycles. The molecule has 8 heteroatoms. The van der Waals surface area contributed by atoms with Gasteiger partial charge in [0.05, 0.1) is 16.8 Å². The molecule has 0 bridgehead atoms. The van der Waals surface area contributed by atoms with Gasteiger partial charge in [-0.05, 0) is 13.0 Å². The van der Waals surface area contributed by atoms with Crippen molar-refractivity contribution in [2.24, 2.45) is 0 Å². The highest BCUT2D eigenvalue weighted by Crippen LogP contribution is 2.34. The van der Waals surface area contributed by atoms with E-state index in [9.17, 15) is 4.79 Å². The molecule has 0 saturated carbocycles. The number of ether oxygens (including phenoxy) is 1. The average Bonchev–Trinajstić information content (AvgIpc) is 3.03. The number of hydrogen-bond acceptors (Lipinski definition) is 7. The summed E-state index contributed by atoms with van der Waals surface area (Å²) in [6.45, 7) is 1.85. The first-order valence-electron chi connectivity index (χ1n) is 6.04. The Morgan fingerprint density at radius 1 is 1.38 bits per heavy atom. The molecule has 0 unspecified atom stereocenters. The number of carbonyl (C=O) groups is 1. The number of hydrogen-bond donors (Lipinski definition) is 2. The van der Waals surface area contributed by atoms with Gasteiger partial charge in [0.1, 0.15) is 17.0 Å². The Balaban J connectivity index is 1.93. The van der Waals surface area contributed by atoms with Gasteiger partial charge in [0.25, 0.3) is 5.91 Å². The van der Waals surface area contributed by atoms with Crippen LogP contribution in [0.4, 0.5) is 10.8 Å². The largest absolute Gasteiger partial charge is 0.494 e. The monoisotopic (exact) mass is 320 g/mol. The van der Waals surface area contributed by atoms with E-state index in [0.29, 0.717) is 27.8 Å². The molecule has 3 aromatic rings. The van der Waals surface area contributed by atoms with Crippen LogP contribution in [0, 0.1) is 6.92 Å². The summed E-state index contributed by atoms with van der Waals surface area (Å²) in [7, 11) is 1.56. The van der Waals surface area contributed by atoms with E-state index in [4.69, 9.17) is 10.5 Å². The van der Waals surface area contributed by atoms with Crippen molar-refractivity contribution in [1.82, 2.24) is 9.97 Å². The molecule has 3 N–H and O–H groups in total. The minimum atomic E-state index is -0.273. The van der Waals surface area contributed by atoms with Crippen LogP contribution < -0.4 is 15.8 Å². The van der Waals surface area contributed by atoms with Crippen LogP contribution in [0.1, 0.15) is 15.5 Å². The molecule has 0 aliphatic carbocycles. The van der Waals surface area contributed by atoms with Gasteiger partial charge < -0.3 is 10.5 Å². The molecule has 0 aliphatic heterocycles. The molecule has 3 rings (SSSR count). The fourth-order valence-electron chi connectivity index (χ4n) is 1.86. The highest BCUT2D eigenvalue weighted by atomic mass is 32.1. The van der Waals surface area contributed by atoms with E-state index in [-0.39, 0.29) is 5.91 Å². The Bertz CT molecular complexity index is 825. The van der Waals surface area contributed by atoms with Crippen LogP contribution in [-0.4, -0.2) is 23.0 Å². The van der Waals surface area contributed by atoms with Crippen LogP contribution in [0.15, 0.2) is 17.5 Å². The number of rotatable bonds is 3. The van der Waals surface area contributed by atoms with Gasteiger partial charge in [-0.25, -0.2) is 9.97 Å². The lowest BCUT2D eigenvalue weighted by Gasteiger charge is -2.01. The van der Waals surface area contributed by atoms with Crippen molar-refractivity contribution < 1.29 is 9.53 Å². The number of methoxy groups -OCH3 is 1. The number of thiazole rings is 2. The van der Waals surface area contributed by atoms with Crippen molar-refractivity contribution in [3.8, 4) is 5.75 Å². The summed E-state index contributed by atoms with van der Waals surface area (Å²) < 4.78 is 6.11. The van der Waals surface area contributed by atoms with Gasteiger partial charge in [-0.2, -0.15) is 0 Å². The molecule has 0 radical (unpaired) electrons. The van der Waals surface area contributed by atoms with Crippen LogP contribution in [0.2, 0.25) is 0 Å². The normalized spacial score (nSPS) is 10.8. The average molecular weight is 320 g/mol. The number of carbonyl (C=O) groups excluding carboxylic acids is 1. The quantitative estimate of drug-likeness (QED) is 0.724. The molecule has 1 aromatic carbocycles. The van der Waals surface area contributed by atoms with Crippen molar-refractivity contribution in [2.45, 2.75) is 6.92 Å². The van der Waals surface area contributed by atoms with Crippen molar-refractivity contribution in [3.05, 3.63) is 28.2 Å². The van der Waals surface area contributed by atoms with Gasteiger partial charge in [0.15, 0.2) is 5.13 Å². The second kappa shape index (κ2) is 5.30. The van der Waals surface area contributed by atoms with E-state index in [1.165, 1.54) is 22.7 Å². The van der Waals surface area contributed by atoms with Crippen LogP contribution in [0.5, 0.6) is 5.75 Å². The third-order valence-corrected chi connectivity index (χ3v) is 4.47. The molecule has 0 atom stereocenters. The maximum atomic E-state index is 12.1.